The van der Waals surface area contributed by atoms with Gasteiger partial charge in [0, 0.05) is 18.3 Å². The number of fused-ring (bicyclic) bond motifs is 1. The van der Waals surface area contributed by atoms with Gasteiger partial charge >= 0.3 is 0 Å². The zero-order valence-electron chi connectivity index (χ0n) is 20.4. The SMILES string of the molecule is C[C@H](N)C(=O)N[C@@H]1C[C@@H](C(=O)Nc2ccc3ccccc3c2)N(C(=O)[C@@H](N)CCc2ccccc2)C1. The van der Waals surface area contributed by atoms with Gasteiger partial charge in [-0.25, -0.2) is 0 Å². The van der Waals surface area contributed by atoms with Crippen molar-refractivity contribution in [1.82, 2.24) is 10.2 Å². The number of nitrogens with two attached hydrogens (primary N) is 2. The molecule has 0 aromatic heterocycles. The summed E-state index contributed by atoms with van der Waals surface area (Å²) in [5.74, 6) is -0.940. The van der Waals surface area contributed by atoms with E-state index in [0.29, 0.717) is 18.5 Å². The van der Waals surface area contributed by atoms with Crippen LogP contribution in [0.2, 0.25) is 0 Å². The van der Waals surface area contributed by atoms with Crippen LogP contribution in [0, 0.1) is 0 Å². The number of carbonyl (C=O) groups excluding carboxylic acids is 3. The van der Waals surface area contributed by atoms with Crippen molar-refractivity contribution in [3.8, 4) is 0 Å². The van der Waals surface area contributed by atoms with Crippen LogP contribution in [0.25, 0.3) is 10.8 Å². The summed E-state index contributed by atoms with van der Waals surface area (Å²) in [6, 6.07) is 20.8. The van der Waals surface area contributed by atoms with E-state index in [0.717, 1.165) is 16.3 Å². The molecule has 1 fully saturated rings. The molecule has 0 saturated carbocycles. The Labute approximate surface area is 211 Å². The molecule has 1 saturated heterocycles. The first kappa shape index (κ1) is 25.3. The standard InChI is InChI=1S/C28H33N5O3/c1-18(29)26(34)32-23-16-25(27(35)31-22-13-12-20-9-5-6-10-21(20)15-22)33(17-23)28(36)24(30)14-11-19-7-3-2-4-8-19/h2-10,12-13,15,18,23-25H,11,14,16-17,29-30H2,1H3,(H,31,35)(H,32,34)/t18-,23+,24-,25-/m0/s1. The van der Waals surface area contributed by atoms with Crippen molar-refractivity contribution >= 4 is 34.2 Å². The normalized spacial score (nSPS) is 19.0. The van der Waals surface area contributed by atoms with Gasteiger partial charge in [0.15, 0.2) is 0 Å². The Hall–Kier alpha value is -3.75. The zero-order chi connectivity index (χ0) is 25.7. The number of nitrogens with one attached hydrogen (secondary N) is 2. The second-order valence-electron chi connectivity index (χ2n) is 9.42. The van der Waals surface area contributed by atoms with Crippen molar-refractivity contribution < 1.29 is 14.4 Å². The molecule has 4 rings (SSSR count). The first-order valence-electron chi connectivity index (χ1n) is 12.3. The summed E-state index contributed by atoms with van der Waals surface area (Å²) in [5.41, 5.74) is 13.7. The number of nitrogens with zero attached hydrogens (tertiary/aromatic N) is 1. The van der Waals surface area contributed by atoms with Crippen LogP contribution in [-0.4, -0.2) is 53.3 Å². The third kappa shape index (κ3) is 6.08. The molecular formula is C28H33N5O3. The van der Waals surface area contributed by atoms with Gasteiger partial charge in [0.1, 0.15) is 6.04 Å². The van der Waals surface area contributed by atoms with Crippen LogP contribution in [0.4, 0.5) is 5.69 Å². The third-order valence-electron chi connectivity index (χ3n) is 6.57. The maximum Gasteiger partial charge on any atom is 0.247 e. The van der Waals surface area contributed by atoms with Crippen LogP contribution in [0.3, 0.4) is 0 Å². The largest absolute Gasteiger partial charge is 0.350 e. The Balaban J connectivity index is 1.48. The molecule has 1 aliphatic heterocycles. The average Bonchev–Trinajstić information content (AvgIpc) is 3.31. The molecule has 0 spiro atoms. The molecule has 3 amide bonds. The smallest absolute Gasteiger partial charge is 0.247 e. The molecule has 0 aliphatic carbocycles. The van der Waals surface area contributed by atoms with E-state index in [2.05, 4.69) is 10.6 Å². The Kier molecular flexibility index (Phi) is 7.97. The number of hydrogen-bond donors (Lipinski definition) is 4. The highest BCUT2D eigenvalue weighted by molar-refractivity contribution is 6.00. The Morgan fingerprint density at radius 2 is 1.67 bits per heavy atom. The maximum absolute atomic E-state index is 13.4. The van der Waals surface area contributed by atoms with Crippen LogP contribution in [0.15, 0.2) is 72.8 Å². The predicted molar refractivity (Wildman–Crippen MR) is 141 cm³/mol. The number of rotatable bonds is 8. The molecule has 1 aliphatic rings. The number of hydrogen-bond acceptors (Lipinski definition) is 5. The highest BCUT2D eigenvalue weighted by atomic mass is 16.2. The molecule has 3 aromatic rings. The van der Waals surface area contributed by atoms with Gasteiger partial charge < -0.3 is 27.0 Å². The molecule has 0 radical (unpaired) electrons. The third-order valence-corrected chi connectivity index (χ3v) is 6.57. The van der Waals surface area contributed by atoms with E-state index in [1.54, 1.807) is 6.92 Å². The van der Waals surface area contributed by atoms with Gasteiger partial charge in [-0.1, -0.05) is 60.7 Å². The highest BCUT2D eigenvalue weighted by Gasteiger charge is 2.41. The minimum absolute atomic E-state index is 0.201. The van der Waals surface area contributed by atoms with Gasteiger partial charge in [-0.3, -0.25) is 14.4 Å². The minimum Gasteiger partial charge on any atom is -0.350 e. The summed E-state index contributed by atoms with van der Waals surface area (Å²) in [6.07, 6.45) is 1.39. The second-order valence-corrected chi connectivity index (χ2v) is 9.42. The van der Waals surface area contributed by atoms with E-state index in [1.165, 1.54) is 4.90 Å². The Morgan fingerprint density at radius 3 is 2.39 bits per heavy atom. The first-order valence-corrected chi connectivity index (χ1v) is 12.3. The molecule has 3 aromatic carbocycles. The number of anilines is 1. The van der Waals surface area contributed by atoms with Gasteiger partial charge in [-0.2, -0.15) is 0 Å². The quantitative estimate of drug-likeness (QED) is 0.387. The average molecular weight is 488 g/mol. The second kappa shape index (κ2) is 11.3. The summed E-state index contributed by atoms with van der Waals surface area (Å²) in [5, 5.41) is 7.86. The van der Waals surface area contributed by atoms with Crippen LogP contribution in [0.5, 0.6) is 0 Å². The fraction of sp³-hybridized carbons (Fsp3) is 0.321. The highest BCUT2D eigenvalue weighted by Crippen LogP contribution is 2.24. The minimum atomic E-state index is -0.760. The lowest BCUT2D eigenvalue weighted by Crippen LogP contribution is -2.50. The van der Waals surface area contributed by atoms with E-state index in [1.807, 2.05) is 72.8 Å². The van der Waals surface area contributed by atoms with Gasteiger partial charge in [-0.05, 0) is 54.7 Å². The fourth-order valence-corrected chi connectivity index (χ4v) is 4.56. The monoisotopic (exact) mass is 487 g/mol. The Bertz CT molecular complexity index is 1230. The zero-order valence-corrected chi connectivity index (χ0v) is 20.4. The predicted octanol–water partition coefficient (Wildman–Crippen LogP) is 2.17. The molecule has 1 heterocycles. The summed E-state index contributed by atoms with van der Waals surface area (Å²) >= 11 is 0. The van der Waals surface area contributed by atoms with Crippen molar-refractivity contribution in [1.29, 1.82) is 0 Å². The lowest BCUT2D eigenvalue weighted by Gasteiger charge is -2.26. The van der Waals surface area contributed by atoms with E-state index in [-0.39, 0.29) is 36.7 Å². The summed E-state index contributed by atoms with van der Waals surface area (Å²) in [7, 11) is 0. The summed E-state index contributed by atoms with van der Waals surface area (Å²) in [6.45, 7) is 1.79. The Morgan fingerprint density at radius 1 is 0.972 bits per heavy atom. The number of aryl methyl sites for hydroxylation is 1. The number of likely N-dealkylation sites (tertiary alicyclic amines) is 1. The lowest BCUT2D eigenvalue weighted by molar-refractivity contribution is -0.137. The van der Waals surface area contributed by atoms with E-state index in [9.17, 15) is 14.4 Å². The van der Waals surface area contributed by atoms with Gasteiger partial charge in [-0.15, -0.1) is 0 Å². The van der Waals surface area contributed by atoms with E-state index < -0.39 is 18.1 Å². The topological polar surface area (TPSA) is 131 Å². The molecule has 36 heavy (non-hydrogen) atoms. The number of amides is 3. The van der Waals surface area contributed by atoms with E-state index in [4.69, 9.17) is 11.5 Å². The van der Waals surface area contributed by atoms with Crippen molar-refractivity contribution in [3.63, 3.8) is 0 Å². The van der Waals surface area contributed by atoms with Gasteiger partial charge in [0.25, 0.3) is 0 Å². The molecule has 8 nitrogen and oxygen atoms in total. The summed E-state index contributed by atoms with van der Waals surface area (Å²) in [4.78, 5) is 40.4. The van der Waals surface area contributed by atoms with Crippen molar-refractivity contribution in [3.05, 3.63) is 78.4 Å². The van der Waals surface area contributed by atoms with Gasteiger partial charge in [0.05, 0.1) is 12.1 Å². The first-order chi connectivity index (χ1) is 17.3. The molecule has 0 unspecified atom stereocenters. The molecule has 8 heteroatoms. The van der Waals surface area contributed by atoms with Crippen LogP contribution < -0.4 is 22.1 Å². The molecule has 6 N–H and O–H groups in total. The van der Waals surface area contributed by atoms with Crippen molar-refractivity contribution in [2.45, 2.75) is 50.4 Å². The van der Waals surface area contributed by atoms with Crippen LogP contribution in [0.1, 0.15) is 25.3 Å². The van der Waals surface area contributed by atoms with Crippen LogP contribution >= 0.6 is 0 Å². The number of benzene rings is 3. The van der Waals surface area contributed by atoms with Crippen molar-refractivity contribution in [2.75, 3.05) is 11.9 Å². The van der Waals surface area contributed by atoms with Gasteiger partial charge in [0.2, 0.25) is 17.7 Å². The van der Waals surface area contributed by atoms with E-state index >= 15 is 0 Å². The molecule has 188 valence electrons. The number of carbonyl (C=O) groups is 3. The molecular weight excluding hydrogens is 454 g/mol. The van der Waals surface area contributed by atoms with Crippen LogP contribution in [-0.2, 0) is 20.8 Å². The fourth-order valence-electron chi connectivity index (χ4n) is 4.56. The van der Waals surface area contributed by atoms with Crippen molar-refractivity contribution in [2.24, 2.45) is 11.5 Å². The maximum atomic E-state index is 13.4. The molecule has 4 atom stereocenters. The molecule has 0 bridgehead atoms. The lowest BCUT2D eigenvalue weighted by atomic mass is 10.0. The summed E-state index contributed by atoms with van der Waals surface area (Å²) < 4.78 is 0.